The van der Waals surface area contributed by atoms with Gasteiger partial charge in [0, 0.05) is 37.3 Å². The number of aliphatic imine (C=N–C) groups is 1. The number of nitrogens with one attached hydrogen (secondary N) is 1. The average molecular weight is 564 g/mol. The van der Waals surface area contributed by atoms with E-state index in [9.17, 15) is 26.7 Å². The van der Waals surface area contributed by atoms with Gasteiger partial charge >= 0.3 is 6.18 Å². The van der Waals surface area contributed by atoms with Crippen LogP contribution in [-0.2, 0) is 19.6 Å². The lowest BCUT2D eigenvalue weighted by molar-refractivity contribution is -0.139. The maximum Gasteiger partial charge on any atom is 0.406 e. The molecule has 4 aromatic rings. The molecule has 1 amide bonds. The summed E-state index contributed by atoms with van der Waals surface area (Å²) in [6.45, 7) is -1.13. The SMILES string of the molecule is CN1CC/C(=N\c2cccc3c2cc(-c2noc(CNC(=O)c4ccn(CCF)c4)n2)n3CC(F)(F)F)[C@@H](F)C1. The highest BCUT2D eigenvalue weighted by atomic mass is 19.4. The van der Waals surface area contributed by atoms with Crippen LogP contribution >= 0.6 is 0 Å². The minimum atomic E-state index is -4.56. The lowest BCUT2D eigenvalue weighted by Gasteiger charge is -2.26. The van der Waals surface area contributed by atoms with E-state index in [0.717, 1.165) is 4.57 Å². The van der Waals surface area contributed by atoms with E-state index in [2.05, 4.69) is 20.4 Å². The number of amides is 1. The van der Waals surface area contributed by atoms with Crippen molar-refractivity contribution in [2.75, 3.05) is 26.8 Å². The van der Waals surface area contributed by atoms with Gasteiger partial charge in [0.2, 0.25) is 11.7 Å². The Balaban J connectivity index is 1.43. The van der Waals surface area contributed by atoms with Crippen LogP contribution in [0.2, 0.25) is 0 Å². The summed E-state index contributed by atoms with van der Waals surface area (Å²) in [5, 5.41) is 6.82. The van der Waals surface area contributed by atoms with Crippen molar-refractivity contribution in [1.29, 1.82) is 0 Å². The maximum atomic E-state index is 14.6. The summed E-state index contributed by atoms with van der Waals surface area (Å²) in [7, 11) is 1.81. The van der Waals surface area contributed by atoms with Crippen LogP contribution in [0.5, 0.6) is 0 Å². The van der Waals surface area contributed by atoms with Crippen molar-refractivity contribution in [3.05, 3.63) is 54.2 Å². The highest BCUT2D eigenvalue weighted by Gasteiger charge is 2.31. The van der Waals surface area contributed by atoms with E-state index in [-0.39, 0.29) is 42.6 Å². The smallest absolute Gasteiger partial charge is 0.351 e. The number of nitrogens with zero attached hydrogens (tertiary/aromatic N) is 6. The van der Waals surface area contributed by atoms with E-state index < -0.39 is 31.5 Å². The van der Waals surface area contributed by atoms with Crippen LogP contribution in [0.4, 0.5) is 27.6 Å². The van der Waals surface area contributed by atoms with Gasteiger partial charge in [0.25, 0.3) is 5.91 Å². The fourth-order valence-electron chi connectivity index (χ4n) is 4.61. The minimum absolute atomic E-state index is 0.0255. The monoisotopic (exact) mass is 563 g/mol. The fraction of sp³-hybridized carbons (Fsp3) is 0.385. The van der Waals surface area contributed by atoms with Crippen molar-refractivity contribution in [2.45, 2.75) is 38.4 Å². The highest BCUT2D eigenvalue weighted by molar-refractivity contribution is 5.99. The van der Waals surface area contributed by atoms with E-state index in [1.807, 2.05) is 11.9 Å². The third-order valence-electron chi connectivity index (χ3n) is 6.56. The molecule has 1 aliphatic rings. The highest BCUT2D eigenvalue weighted by Crippen LogP contribution is 2.35. The van der Waals surface area contributed by atoms with E-state index in [4.69, 9.17) is 4.52 Å². The Bertz CT molecular complexity index is 1540. The van der Waals surface area contributed by atoms with Crippen molar-refractivity contribution in [3.8, 4) is 11.5 Å². The molecular formula is C26H26F5N7O2. The van der Waals surface area contributed by atoms with Gasteiger partial charge in [-0.3, -0.25) is 9.79 Å². The number of carbonyl (C=O) groups excluding carboxylic acids is 1. The molecule has 1 fully saturated rings. The van der Waals surface area contributed by atoms with Gasteiger partial charge in [-0.25, -0.2) is 8.78 Å². The number of rotatable bonds is 8. The van der Waals surface area contributed by atoms with Crippen molar-refractivity contribution in [1.82, 2.24) is 29.5 Å². The Hall–Kier alpha value is -4.07. The molecular weight excluding hydrogens is 537 g/mol. The number of carbonyl (C=O) groups is 1. The molecule has 1 atom stereocenters. The van der Waals surface area contributed by atoms with Crippen LogP contribution in [0.3, 0.4) is 0 Å². The second kappa shape index (κ2) is 11.2. The first kappa shape index (κ1) is 27.5. The van der Waals surface area contributed by atoms with Gasteiger partial charge in [0.05, 0.1) is 41.3 Å². The number of aryl methyl sites for hydroxylation is 1. The third-order valence-corrected chi connectivity index (χ3v) is 6.56. The van der Waals surface area contributed by atoms with Crippen LogP contribution in [0, 0.1) is 0 Å². The lowest BCUT2D eigenvalue weighted by atomic mass is 10.1. The number of benzene rings is 1. The normalized spacial score (nSPS) is 17.6. The standard InChI is InChI=1S/C26H26F5N7O2/c1-36-8-6-20(18(28)14-36)33-19-3-2-4-21-17(19)11-22(38(21)15-26(29,30)31)24-34-23(40-35-24)12-32-25(39)16-5-9-37(13-16)10-7-27/h2-5,9,11,13,18H,6-8,10,12,14-15H2,1H3,(H,32,39)/b33-20+/t18-/m0/s1. The quantitative estimate of drug-likeness (QED) is 0.314. The molecule has 5 rings (SSSR count). The van der Waals surface area contributed by atoms with Gasteiger partial charge in [-0.05, 0) is 31.3 Å². The summed E-state index contributed by atoms with van der Waals surface area (Å²) in [5.41, 5.74) is 1.25. The Labute approximate surface area is 225 Å². The molecule has 1 aliphatic heterocycles. The number of alkyl halides is 5. The van der Waals surface area contributed by atoms with Crippen molar-refractivity contribution >= 4 is 28.2 Å². The molecule has 3 aromatic heterocycles. The van der Waals surface area contributed by atoms with Crippen LogP contribution < -0.4 is 5.32 Å². The topological polar surface area (TPSA) is 93.5 Å². The summed E-state index contributed by atoms with van der Waals surface area (Å²) in [6, 6.07) is 7.71. The van der Waals surface area contributed by atoms with Crippen LogP contribution in [0.1, 0.15) is 22.7 Å². The molecule has 14 heteroatoms. The average Bonchev–Trinajstić information content (AvgIpc) is 3.63. The molecule has 212 valence electrons. The molecule has 1 N–H and O–H groups in total. The van der Waals surface area contributed by atoms with Gasteiger partial charge in [-0.15, -0.1) is 0 Å². The number of halogens is 5. The Kier molecular flexibility index (Phi) is 7.70. The van der Waals surface area contributed by atoms with Crippen LogP contribution in [0.25, 0.3) is 22.4 Å². The van der Waals surface area contributed by atoms with Gasteiger partial charge in [-0.1, -0.05) is 11.2 Å². The summed E-state index contributed by atoms with van der Waals surface area (Å²) < 4.78 is 75.7. The third kappa shape index (κ3) is 6.06. The number of aromatic nitrogens is 4. The summed E-state index contributed by atoms with van der Waals surface area (Å²) >= 11 is 0. The summed E-state index contributed by atoms with van der Waals surface area (Å²) in [4.78, 5) is 22.9. The molecule has 0 bridgehead atoms. The molecule has 4 heterocycles. The first-order chi connectivity index (χ1) is 19.1. The number of likely N-dealkylation sites (tertiary alicyclic amines) is 1. The van der Waals surface area contributed by atoms with Crippen LogP contribution in [-0.4, -0.2) is 75.0 Å². The molecule has 0 spiro atoms. The zero-order valence-corrected chi connectivity index (χ0v) is 21.5. The molecule has 0 unspecified atom stereocenters. The van der Waals surface area contributed by atoms with E-state index in [0.29, 0.717) is 35.3 Å². The molecule has 0 saturated carbocycles. The molecule has 0 radical (unpaired) electrons. The predicted octanol–water partition coefficient (Wildman–Crippen LogP) is 4.70. The van der Waals surface area contributed by atoms with Crippen molar-refractivity contribution in [3.63, 3.8) is 0 Å². The lowest BCUT2D eigenvalue weighted by Crippen LogP contribution is -2.39. The number of piperidine rings is 1. The number of hydrogen-bond acceptors (Lipinski definition) is 6. The summed E-state index contributed by atoms with van der Waals surface area (Å²) in [5.74, 6) is -0.602. The Morgan fingerprint density at radius 1 is 1.27 bits per heavy atom. The zero-order chi connectivity index (χ0) is 28.4. The molecule has 9 nitrogen and oxygen atoms in total. The van der Waals surface area contributed by atoms with Gasteiger partial charge in [0.15, 0.2) is 6.17 Å². The Morgan fingerprint density at radius 2 is 2.10 bits per heavy atom. The first-order valence-corrected chi connectivity index (χ1v) is 12.5. The van der Waals surface area contributed by atoms with Crippen LogP contribution in [0.15, 0.2) is 52.2 Å². The summed E-state index contributed by atoms with van der Waals surface area (Å²) in [6.07, 6.45) is -2.37. The predicted molar refractivity (Wildman–Crippen MR) is 137 cm³/mol. The van der Waals surface area contributed by atoms with Crippen molar-refractivity contribution in [2.24, 2.45) is 4.99 Å². The number of hydrogen-bond donors (Lipinski definition) is 1. The first-order valence-electron chi connectivity index (χ1n) is 12.5. The van der Waals surface area contributed by atoms with Gasteiger partial charge < -0.3 is 23.9 Å². The second-order valence-electron chi connectivity index (χ2n) is 9.55. The number of fused-ring (bicyclic) bond motifs is 1. The van der Waals surface area contributed by atoms with E-state index in [1.165, 1.54) is 29.0 Å². The molecule has 0 aliphatic carbocycles. The Morgan fingerprint density at radius 3 is 2.85 bits per heavy atom. The van der Waals surface area contributed by atoms with Gasteiger partial charge in [0.1, 0.15) is 13.2 Å². The minimum Gasteiger partial charge on any atom is -0.351 e. The fourth-order valence-corrected chi connectivity index (χ4v) is 4.61. The van der Waals surface area contributed by atoms with E-state index in [1.54, 1.807) is 18.3 Å². The zero-order valence-electron chi connectivity index (χ0n) is 21.5. The molecule has 1 saturated heterocycles. The van der Waals surface area contributed by atoms with Gasteiger partial charge in [-0.2, -0.15) is 18.2 Å². The molecule has 1 aromatic carbocycles. The van der Waals surface area contributed by atoms with E-state index >= 15 is 0 Å². The van der Waals surface area contributed by atoms with Crippen molar-refractivity contribution < 1.29 is 31.3 Å². The largest absolute Gasteiger partial charge is 0.406 e. The second-order valence-corrected chi connectivity index (χ2v) is 9.55. The maximum absolute atomic E-state index is 14.6. The molecule has 40 heavy (non-hydrogen) atoms.